The van der Waals surface area contributed by atoms with Crippen LogP contribution in [0.4, 0.5) is 0 Å². The van der Waals surface area contributed by atoms with Gasteiger partial charge in [0.2, 0.25) is 0 Å². The van der Waals surface area contributed by atoms with Gasteiger partial charge in [0.15, 0.2) is 0 Å². The monoisotopic (exact) mass is 251 g/mol. The number of benzene rings is 1. The molecule has 0 saturated carbocycles. The summed E-state index contributed by atoms with van der Waals surface area (Å²) in [6.45, 7) is 9.34. The Morgan fingerprint density at radius 3 is 2.47 bits per heavy atom. The van der Waals surface area contributed by atoms with E-state index in [1.807, 2.05) is 25.1 Å². The molecule has 17 heavy (non-hydrogen) atoms. The van der Waals surface area contributed by atoms with E-state index in [0.29, 0.717) is 10.4 Å². The molecule has 0 heterocycles. The Morgan fingerprint density at radius 2 is 2.00 bits per heavy atom. The third-order valence-corrected chi connectivity index (χ3v) is 2.80. The van der Waals surface area contributed by atoms with Crippen molar-refractivity contribution < 1.29 is 4.74 Å². The molecule has 2 N–H and O–H groups in total. The van der Waals surface area contributed by atoms with Crippen molar-refractivity contribution in [2.45, 2.75) is 34.1 Å². The van der Waals surface area contributed by atoms with E-state index >= 15 is 0 Å². The summed E-state index contributed by atoms with van der Waals surface area (Å²) in [5.41, 5.74) is 7.89. The summed E-state index contributed by atoms with van der Waals surface area (Å²) in [6.07, 6.45) is 1.03. The predicted octanol–water partition coefficient (Wildman–Crippen LogP) is 3.44. The molecule has 1 aromatic rings. The number of hydrogen-bond acceptors (Lipinski definition) is 2. The van der Waals surface area contributed by atoms with Gasteiger partial charge in [0, 0.05) is 5.56 Å². The third kappa shape index (κ3) is 4.73. The van der Waals surface area contributed by atoms with Crippen molar-refractivity contribution in [1.82, 2.24) is 0 Å². The molecular formula is C14H21NOS. The lowest BCUT2D eigenvalue weighted by molar-refractivity contribution is 0.243. The normalized spacial score (nSPS) is 11.3. The first-order valence-corrected chi connectivity index (χ1v) is 6.24. The quantitative estimate of drug-likeness (QED) is 0.833. The van der Waals surface area contributed by atoms with E-state index in [0.717, 1.165) is 29.9 Å². The Hall–Kier alpha value is -1.09. The van der Waals surface area contributed by atoms with E-state index in [4.69, 9.17) is 22.7 Å². The van der Waals surface area contributed by atoms with Gasteiger partial charge in [0.05, 0.1) is 6.61 Å². The predicted molar refractivity (Wildman–Crippen MR) is 76.6 cm³/mol. The van der Waals surface area contributed by atoms with E-state index in [-0.39, 0.29) is 0 Å². The summed E-state index contributed by atoms with van der Waals surface area (Å²) >= 11 is 4.97. The minimum absolute atomic E-state index is 0.299. The number of rotatable bonds is 4. The molecule has 0 spiro atoms. The molecule has 0 aromatic heterocycles. The van der Waals surface area contributed by atoms with Crippen LogP contribution in [0, 0.1) is 12.3 Å². The molecule has 0 unspecified atom stereocenters. The summed E-state index contributed by atoms with van der Waals surface area (Å²) in [5.74, 6) is 0.881. The highest BCUT2D eigenvalue weighted by atomic mass is 32.1. The van der Waals surface area contributed by atoms with Crippen molar-refractivity contribution in [3.8, 4) is 5.75 Å². The van der Waals surface area contributed by atoms with E-state index < -0.39 is 0 Å². The van der Waals surface area contributed by atoms with Gasteiger partial charge in [0.25, 0.3) is 0 Å². The summed E-state index contributed by atoms with van der Waals surface area (Å²) in [4.78, 5) is 0.434. The summed E-state index contributed by atoms with van der Waals surface area (Å²) < 4.78 is 5.71. The summed E-state index contributed by atoms with van der Waals surface area (Å²) in [7, 11) is 0. The van der Waals surface area contributed by atoms with Gasteiger partial charge in [-0.05, 0) is 42.5 Å². The van der Waals surface area contributed by atoms with Gasteiger partial charge in [-0.2, -0.15) is 0 Å². The number of hydrogen-bond donors (Lipinski definition) is 1. The van der Waals surface area contributed by atoms with Crippen molar-refractivity contribution in [2.24, 2.45) is 11.1 Å². The molecule has 0 saturated heterocycles. The molecule has 0 radical (unpaired) electrons. The van der Waals surface area contributed by atoms with Crippen LogP contribution in [0.2, 0.25) is 0 Å². The molecule has 2 nitrogen and oxygen atoms in total. The molecule has 0 aliphatic rings. The van der Waals surface area contributed by atoms with Crippen molar-refractivity contribution in [2.75, 3.05) is 6.61 Å². The average Bonchev–Trinajstić information content (AvgIpc) is 2.15. The Kier molecular flexibility index (Phi) is 4.52. The van der Waals surface area contributed by atoms with Crippen LogP contribution in [0.3, 0.4) is 0 Å². The second-order valence-corrected chi connectivity index (χ2v) is 5.94. The first-order valence-electron chi connectivity index (χ1n) is 5.83. The van der Waals surface area contributed by atoms with E-state index in [2.05, 4.69) is 20.8 Å². The summed E-state index contributed by atoms with van der Waals surface area (Å²) in [6, 6.07) is 5.82. The average molecular weight is 251 g/mol. The fraction of sp³-hybridized carbons (Fsp3) is 0.500. The molecule has 0 aliphatic carbocycles. The molecule has 94 valence electrons. The Morgan fingerprint density at radius 1 is 1.35 bits per heavy atom. The zero-order valence-corrected chi connectivity index (χ0v) is 11.9. The lowest BCUT2D eigenvalue weighted by atomic mass is 9.93. The highest BCUT2D eigenvalue weighted by Gasteiger charge is 2.10. The topological polar surface area (TPSA) is 35.2 Å². The zero-order valence-electron chi connectivity index (χ0n) is 11.0. The lowest BCUT2D eigenvalue weighted by Crippen LogP contribution is -2.12. The van der Waals surface area contributed by atoms with Gasteiger partial charge < -0.3 is 10.5 Å². The Labute approximate surface area is 109 Å². The summed E-state index contributed by atoms with van der Waals surface area (Å²) in [5, 5.41) is 0. The van der Waals surface area contributed by atoms with Gasteiger partial charge in [-0.3, -0.25) is 0 Å². The van der Waals surface area contributed by atoms with Gasteiger partial charge in [-0.15, -0.1) is 0 Å². The fourth-order valence-corrected chi connectivity index (χ4v) is 1.71. The van der Waals surface area contributed by atoms with Crippen molar-refractivity contribution in [1.29, 1.82) is 0 Å². The molecule has 0 fully saturated rings. The second kappa shape index (κ2) is 5.50. The highest BCUT2D eigenvalue weighted by molar-refractivity contribution is 7.80. The van der Waals surface area contributed by atoms with Crippen LogP contribution in [-0.4, -0.2) is 11.6 Å². The SMILES string of the molecule is Cc1cc(OCCC(C)(C)C)ccc1C(N)=S. The lowest BCUT2D eigenvalue weighted by Gasteiger charge is -2.18. The molecule has 1 rings (SSSR count). The number of nitrogens with two attached hydrogens (primary N) is 1. The molecule has 0 atom stereocenters. The van der Waals surface area contributed by atoms with Gasteiger partial charge >= 0.3 is 0 Å². The van der Waals surface area contributed by atoms with Crippen LogP contribution in [0.5, 0.6) is 5.75 Å². The van der Waals surface area contributed by atoms with Crippen molar-refractivity contribution in [3.63, 3.8) is 0 Å². The highest BCUT2D eigenvalue weighted by Crippen LogP contribution is 2.21. The molecule has 3 heteroatoms. The van der Waals surface area contributed by atoms with Crippen molar-refractivity contribution >= 4 is 17.2 Å². The van der Waals surface area contributed by atoms with Crippen LogP contribution < -0.4 is 10.5 Å². The standard InChI is InChI=1S/C14H21NOS/c1-10-9-11(5-6-12(10)13(15)17)16-8-7-14(2,3)4/h5-6,9H,7-8H2,1-4H3,(H2,15,17). The number of ether oxygens (including phenoxy) is 1. The number of aryl methyl sites for hydroxylation is 1. The van der Waals surface area contributed by atoms with Crippen LogP contribution >= 0.6 is 12.2 Å². The largest absolute Gasteiger partial charge is 0.494 e. The maximum absolute atomic E-state index is 5.71. The maximum Gasteiger partial charge on any atom is 0.119 e. The van der Waals surface area contributed by atoms with E-state index in [1.165, 1.54) is 0 Å². The third-order valence-electron chi connectivity index (χ3n) is 2.58. The fourth-order valence-electron chi connectivity index (χ4n) is 1.48. The van der Waals surface area contributed by atoms with Gasteiger partial charge in [-0.1, -0.05) is 33.0 Å². The maximum atomic E-state index is 5.71. The Bertz CT molecular complexity index is 407. The van der Waals surface area contributed by atoms with E-state index in [1.54, 1.807) is 0 Å². The second-order valence-electron chi connectivity index (χ2n) is 5.50. The van der Waals surface area contributed by atoms with Crippen LogP contribution in [0.15, 0.2) is 18.2 Å². The molecular weight excluding hydrogens is 230 g/mol. The van der Waals surface area contributed by atoms with Crippen LogP contribution in [-0.2, 0) is 0 Å². The first kappa shape index (κ1) is 14.0. The first-order chi connectivity index (χ1) is 7.79. The molecule has 0 amide bonds. The van der Waals surface area contributed by atoms with Crippen LogP contribution in [0.25, 0.3) is 0 Å². The smallest absolute Gasteiger partial charge is 0.119 e. The van der Waals surface area contributed by atoms with E-state index in [9.17, 15) is 0 Å². The minimum atomic E-state index is 0.299. The number of thiocarbonyl (C=S) groups is 1. The van der Waals surface area contributed by atoms with Gasteiger partial charge in [-0.25, -0.2) is 0 Å². The van der Waals surface area contributed by atoms with Crippen molar-refractivity contribution in [3.05, 3.63) is 29.3 Å². The van der Waals surface area contributed by atoms with Crippen LogP contribution in [0.1, 0.15) is 38.3 Å². The Balaban J connectivity index is 2.62. The molecule has 0 bridgehead atoms. The van der Waals surface area contributed by atoms with Gasteiger partial charge in [0.1, 0.15) is 10.7 Å². The zero-order chi connectivity index (χ0) is 13.1. The molecule has 1 aromatic carbocycles. The minimum Gasteiger partial charge on any atom is -0.494 e. The molecule has 0 aliphatic heterocycles.